The van der Waals surface area contributed by atoms with Crippen molar-refractivity contribution >= 4 is 35.5 Å². The Morgan fingerprint density at radius 1 is 1.03 bits per heavy atom. The molecule has 2 heterocycles. The molecular formula is C23H31N3O5S. The van der Waals surface area contributed by atoms with E-state index in [-0.39, 0.29) is 23.1 Å². The van der Waals surface area contributed by atoms with Crippen LogP contribution in [0.2, 0.25) is 0 Å². The van der Waals surface area contributed by atoms with E-state index >= 15 is 0 Å². The first-order valence-corrected chi connectivity index (χ1v) is 11.7. The van der Waals surface area contributed by atoms with Crippen LogP contribution in [0.5, 0.6) is 0 Å². The molecule has 3 rings (SSSR count). The van der Waals surface area contributed by atoms with Crippen LogP contribution < -0.4 is 10.6 Å². The Morgan fingerprint density at radius 3 is 2.19 bits per heavy atom. The van der Waals surface area contributed by atoms with Gasteiger partial charge in [-0.1, -0.05) is 45.9 Å². The van der Waals surface area contributed by atoms with Gasteiger partial charge in [-0.2, -0.15) is 0 Å². The smallest absolute Gasteiger partial charge is 0.326 e. The van der Waals surface area contributed by atoms with Crippen molar-refractivity contribution in [3.63, 3.8) is 0 Å². The second-order valence-electron chi connectivity index (χ2n) is 9.57. The Bertz CT molecular complexity index is 945. The molecule has 0 bridgehead atoms. The molecule has 0 radical (unpaired) electrons. The molecule has 3 N–H and O–H groups in total. The predicted molar refractivity (Wildman–Crippen MR) is 122 cm³/mol. The average molecular weight is 462 g/mol. The normalized spacial score (nSPS) is 23.0. The zero-order valence-corrected chi connectivity index (χ0v) is 20.0. The van der Waals surface area contributed by atoms with Crippen LogP contribution in [0.25, 0.3) is 0 Å². The van der Waals surface area contributed by atoms with Crippen molar-refractivity contribution < 1.29 is 24.3 Å². The minimum Gasteiger partial charge on any atom is -0.480 e. The Kier molecular flexibility index (Phi) is 6.60. The molecule has 0 saturated carbocycles. The zero-order chi connectivity index (χ0) is 24.0. The second kappa shape index (κ2) is 8.77. The number of fused-ring (bicyclic) bond motifs is 3. The van der Waals surface area contributed by atoms with E-state index in [1.54, 1.807) is 56.5 Å². The molecule has 0 aliphatic carbocycles. The van der Waals surface area contributed by atoms with Crippen molar-refractivity contribution in [1.29, 1.82) is 0 Å². The van der Waals surface area contributed by atoms with Crippen LogP contribution in [0.4, 0.5) is 0 Å². The Labute approximate surface area is 192 Å². The number of nitrogens with zero attached hydrogens (tertiary/aromatic N) is 1. The summed E-state index contributed by atoms with van der Waals surface area (Å²) in [6.45, 7) is 10.8. The zero-order valence-electron chi connectivity index (χ0n) is 19.2. The Hall–Kier alpha value is -2.55. The number of aliphatic carboxylic acids is 1. The molecule has 1 aromatic rings. The van der Waals surface area contributed by atoms with E-state index in [2.05, 4.69) is 10.6 Å². The summed E-state index contributed by atoms with van der Waals surface area (Å²) < 4.78 is -0.572. The number of thioether (sulfide) groups is 1. The highest BCUT2D eigenvalue weighted by molar-refractivity contribution is 8.01. The van der Waals surface area contributed by atoms with Gasteiger partial charge in [-0.25, -0.2) is 4.79 Å². The van der Waals surface area contributed by atoms with Crippen molar-refractivity contribution in [1.82, 2.24) is 15.5 Å². The highest BCUT2D eigenvalue weighted by Gasteiger charge is 2.57. The summed E-state index contributed by atoms with van der Waals surface area (Å²) in [5.41, 5.74) is 1.49. The van der Waals surface area contributed by atoms with Crippen LogP contribution in [0.1, 0.15) is 62.8 Å². The second-order valence-corrected chi connectivity index (χ2v) is 11.3. The molecule has 0 unspecified atom stereocenters. The van der Waals surface area contributed by atoms with Gasteiger partial charge in [0.25, 0.3) is 5.91 Å². The van der Waals surface area contributed by atoms with Gasteiger partial charge in [0, 0.05) is 10.3 Å². The molecule has 174 valence electrons. The van der Waals surface area contributed by atoms with Gasteiger partial charge >= 0.3 is 5.97 Å². The van der Waals surface area contributed by atoms with Crippen LogP contribution >= 0.6 is 11.8 Å². The fraction of sp³-hybridized carbons (Fsp3) is 0.565. The topological polar surface area (TPSA) is 116 Å². The van der Waals surface area contributed by atoms with Crippen LogP contribution in [0.15, 0.2) is 24.3 Å². The van der Waals surface area contributed by atoms with E-state index < -0.39 is 40.7 Å². The lowest BCUT2D eigenvalue weighted by atomic mass is 9.97. The lowest BCUT2D eigenvalue weighted by Gasteiger charge is -2.32. The molecule has 0 aromatic heterocycles. The molecule has 0 spiro atoms. The molecule has 32 heavy (non-hydrogen) atoms. The van der Waals surface area contributed by atoms with E-state index in [1.165, 1.54) is 0 Å². The maximum absolute atomic E-state index is 13.5. The number of nitrogens with one attached hydrogen (secondary N) is 2. The van der Waals surface area contributed by atoms with Gasteiger partial charge in [0.15, 0.2) is 0 Å². The van der Waals surface area contributed by atoms with Crippen molar-refractivity contribution in [3.8, 4) is 0 Å². The number of amides is 3. The van der Waals surface area contributed by atoms with Crippen LogP contribution in [0, 0.1) is 11.8 Å². The average Bonchev–Trinajstić information content (AvgIpc) is 3.12. The maximum atomic E-state index is 13.5. The molecule has 9 heteroatoms. The van der Waals surface area contributed by atoms with Crippen LogP contribution in [-0.2, 0) is 14.4 Å². The first-order valence-electron chi connectivity index (χ1n) is 10.8. The predicted octanol–water partition coefficient (Wildman–Crippen LogP) is 2.40. The summed E-state index contributed by atoms with van der Waals surface area (Å²) in [4.78, 5) is 52.6. The fourth-order valence-electron chi connectivity index (χ4n) is 4.33. The third-order valence-electron chi connectivity index (χ3n) is 6.02. The quantitative estimate of drug-likeness (QED) is 0.574. The highest BCUT2D eigenvalue weighted by atomic mass is 32.2. The van der Waals surface area contributed by atoms with Crippen molar-refractivity contribution in [2.45, 2.75) is 69.8 Å². The van der Waals surface area contributed by atoms with E-state index in [9.17, 15) is 24.3 Å². The van der Waals surface area contributed by atoms with E-state index in [0.717, 1.165) is 5.56 Å². The molecule has 3 amide bonds. The number of carboxylic acid groups (broad SMARTS) is 1. The van der Waals surface area contributed by atoms with E-state index in [0.29, 0.717) is 5.56 Å². The summed E-state index contributed by atoms with van der Waals surface area (Å²) in [6.07, 6.45) is 0. The van der Waals surface area contributed by atoms with Crippen LogP contribution in [-0.4, -0.2) is 56.6 Å². The van der Waals surface area contributed by atoms with Gasteiger partial charge in [0.1, 0.15) is 23.5 Å². The lowest BCUT2D eigenvalue weighted by molar-refractivity contribution is -0.143. The Morgan fingerprint density at radius 2 is 1.62 bits per heavy atom. The van der Waals surface area contributed by atoms with Gasteiger partial charge in [-0.3, -0.25) is 14.4 Å². The molecule has 1 aromatic carbocycles. The molecule has 2 aliphatic heterocycles. The molecule has 1 fully saturated rings. The van der Waals surface area contributed by atoms with E-state index in [1.807, 2.05) is 26.0 Å². The minimum atomic E-state index is -1.13. The summed E-state index contributed by atoms with van der Waals surface area (Å²) in [5, 5.41) is 14.5. The summed E-state index contributed by atoms with van der Waals surface area (Å²) in [7, 11) is 0. The number of carbonyl (C=O) groups excluding carboxylic acids is 3. The molecule has 1 saturated heterocycles. The third-order valence-corrected chi connectivity index (χ3v) is 7.56. The number of hydrogen-bond donors (Lipinski definition) is 3. The van der Waals surface area contributed by atoms with Gasteiger partial charge in [0.2, 0.25) is 11.8 Å². The molecule has 8 nitrogen and oxygen atoms in total. The largest absolute Gasteiger partial charge is 0.480 e. The fourth-order valence-corrected chi connectivity index (χ4v) is 5.92. The first-order chi connectivity index (χ1) is 14.9. The van der Waals surface area contributed by atoms with Gasteiger partial charge in [0.05, 0.1) is 0 Å². The monoisotopic (exact) mass is 461 g/mol. The van der Waals surface area contributed by atoms with E-state index in [4.69, 9.17) is 0 Å². The number of rotatable bonds is 7. The van der Waals surface area contributed by atoms with Gasteiger partial charge < -0.3 is 20.6 Å². The SMILES string of the molecule is CC(C)[C@H](NC(=O)[C@@H](NC(=O)[C@@H]1N2C(=O)c3ccccc3[C@@H]2SC1(C)C)C(C)C)C(=O)O. The Balaban J connectivity index is 1.83. The first kappa shape index (κ1) is 24.1. The number of hydrogen-bond acceptors (Lipinski definition) is 5. The van der Waals surface area contributed by atoms with Crippen molar-refractivity contribution in [3.05, 3.63) is 35.4 Å². The molecule has 4 atom stereocenters. The van der Waals surface area contributed by atoms with Crippen molar-refractivity contribution in [2.24, 2.45) is 11.8 Å². The molecule has 2 aliphatic rings. The lowest BCUT2D eigenvalue weighted by Crippen LogP contribution is -2.60. The summed E-state index contributed by atoms with van der Waals surface area (Å²) in [6, 6.07) is 4.59. The number of carboxylic acids is 1. The standard InChI is InChI=1S/C23H31N3O5S/c1-11(2)15(18(27)25-16(12(3)4)22(30)31)24-19(28)17-23(5,6)32-21-14-10-8-7-9-13(14)20(29)26(17)21/h7-12,15-17,21H,1-6H3,(H,24,28)(H,25,27)(H,30,31)/t15-,16-,17-,21-/m0/s1. The highest BCUT2D eigenvalue weighted by Crippen LogP contribution is 2.56. The maximum Gasteiger partial charge on any atom is 0.326 e. The number of carbonyl (C=O) groups is 4. The number of benzene rings is 1. The minimum absolute atomic E-state index is 0.194. The third kappa shape index (κ3) is 4.22. The summed E-state index contributed by atoms with van der Waals surface area (Å²) in [5.74, 6) is -2.88. The van der Waals surface area contributed by atoms with Gasteiger partial charge in [-0.05, 0) is 37.3 Å². The van der Waals surface area contributed by atoms with Crippen LogP contribution in [0.3, 0.4) is 0 Å². The molecular weight excluding hydrogens is 430 g/mol. The summed E-state index contributed by atoms with van der Waals surface area (Å²) >= 11 is 1.55. The van der Waals surface area contributed by atoms with Gasteiger partial charge in [-0.15, -0.1) is 11.8 Å². The van der Waals surface area contributed by atoms with Crippen molar-refractivity contribution in [2.75, 3.05) is 0 Å².